The Bertz CT molecular complexity index is 523. The molecule has 0 saturated carbocycles. The van der Waals surface area contributed by atoms with Crippen molar-refractivity contribution in [3.63, 3.8) is 0 Å². The van der Waals surface area contributed by atoms with Crippen LogP contribution in [0, 0.1) is 0 Å². The number of nitrogens with zero attached hydrogens (tertiary/aromatic N) is 2. The number of carbonyl (C=O) groups excluding carboxylic acids is 1. The minimum Gasteiger partial charge on any atom is -0.376 e. The van der Waals surface area contributed by atoms with Crippen molar-refractivity contribution in [2.45, 2.75) is 38.0 Å². The van der Waals surface area contributed by atoms with E-state index in [0.717, 1.165) is 51.2 Å². The van der Waals surface area contributed by atoms with Crippen molar-refractivity contribution in [3.05, 3.63) is 35.9 Å². The van der Waals surface area contributed by atoms with Gasteiger partial charge in [-0.3, -0.25) is 9.69 Å². The van der Waals surface area contributed by atoms with Crippen LogP contribution in [0.4, 0.5) is 0 Å². The molecule has 0 aliphatic carbocycles. The summed E-state index contributed by atoms with van der Waals surface area (Å²) in [5.41, 5.74) is 1.07. The molecule has 1 N–H and O–H groups in total. The number of amides is 1. The molecule has 5 nitrogen and oxygen atoms in total. The normalized spacial score (nSPS) is 25.3. The summed E-state index contributed by atoms with van der Waals surface area (Å²) < 4.78 is 5.73. The Kier molecular flexibility index (Phi) is 5.87. The molecule has 2 heterocycles. The molecule has 0 aromatic heterocycles. The molecular weight excluding hydrogens is 302 g/mol. The zero-order chi connectivity index (χ0) is 16.9. The van der Waals surface area contributed by atoms with Crippen molar-refractivity contribution >= 4 is 5.91 Å². The topological polar surface area (TPSA) is 44.8 Å². The van der Waals surface area contributed by atoms with Crippen molar-refractivity contribution in [1.29, 1.82) is 0 Å². The molecule has 24 heavy (non-hydrogen) atoms. The lowest BCUT2D eigenvalue weighted by atomic mass is 10.0. The second-order valence-electron chi connectivity index (χ2n) is 7.00. The van der Waals surface area contributed by atoms with Crippen molar-refractivity contribution in [1.82, 2.24) is 15.1 Å². The maximum Gasteiger partial charge on any atom is 0.242 e. The van der Waals surface area contributed by atoms with Crippen molar-refractivity contribution < 1.29 is 9.53 Å². The van der Waals surface area contributed by atoms with Gasteiger partial charge in [0.25, 0.3) is 0 Å². The number of benzene rings is 1. The van der Waals surface area contributed by atoms with Crippen molar-refractivity contribution in [2.24, 2.45) is 0 Å². The third-order valence-electron chi connectivity index (χ3n) is 5.16. The SMILES string of the molecule is C[C@H](NC(=O)[C@H](c1ccccc1)N1CCN(C)CC1)[C@@H]1CCCO1. The number of likely N-dealkylation sites (N-methyl/N-ethyl adjacent to an activating group) is 1. The molecule has 1 aromatic rings. The van der Waals surface area contributed by atoms with Gasteiger partial charge in [-0.05, 0) is 32.4 Å². The number of rotatable bonds is 5. The van der Waals surface area contributed by atoms with Gasteiger partial charge >= 0.3 is 0 Å². The highest BCUT2D eigenvalue weighted by molar-refractivity contribution is 5.83. The van der Waals surface area contributed by atoms with Crippen LogP contribution < -0.4 is 5.32 Å². The molecule has 5 heteroatoms. The summed E-state index contributed by atoms with van der Waals surface area (Å²) in [6.45, 7) is 6.69. The predicted molar refractivity (Wildman–Crippen MR) is 94.8 cm³/mol. The zero-order valence-electron chi connectivity index (χ0n) is 14.8. The Morgan fingerprint density at radius 1 is 1.21 bits per heavy atom. The predicted octanol–water partition coefficient (Wildman–Crippen LogP) is 1.66. The van der Waals surface area contributed by atoms with Gasteiger partial charge in [-0.1, -0.05) is 30.3 Å². The van der Waals surface area contributed by atoms with Crippen molar-refractivity contribution in [2.75, 3.05) is 39.8 Å². The first-order valence-electron chi connectivity index (χ1n) is 9.04. The number of piperazine rings is 1. The maximum atomic E-state index is 13.1. The summed E-state index contributed by atoms with van der Waals surface area (Å²) in [5.74, 6) is 0.0914. The van der Waals surface area contributed by atoms with E-state index in [9.17, 15) is 4.79 Å². The standard InChI is InChI=1S/C19H29N3O2/c1-15(17-9-6-14-24-17)20-19(23)18(16-7-4-3-5-8-16)22-12-10-21(2)11-13-22/h3-5,7-8,15,17-18H,6,9-14H2,1-2H3,(H,20,23)/t15-,17-,18-/m0/s1. The molecule has 1 amide bonds. The fraction of sp³-hybridized carbons (Fsp3) is 0.632. The monoisotopic (exact) mass is 331 g/mol. The molecule has 0 unspecified atom stereocenters. The van der Waals surface area contributed by atoms with Crippen LogP contribution in [0.3, 0.4) is 0 Å². The van der Waals surface area contributed by atoms with Gasteiger partial charge in [0.05, 0.1) is 12.1 Å². The van der Waals surface area contributed by atoms with Gasteiger partial charge in [0.15, 0.2) is 0 Å². The molecule has 0 radical (unpaired) electrons. The van der Waals surface area contributed by atoms with Gasteiger partial charge in [-0.2, -0.15) is 0 Å². The second kappa shape index (κ2) is 8.10. The van der Waals surface area contributed by atoms with Gasteiger partial charge in [-0.15, -0.1) is 0 Å². The highest BCUT2D eigenvalue weighted by Crippen LogP contribution is 2.23. The van der Waals surface area contributed by atoms with Crippen LogP contribution in [0.15, 0.2) is 30.3 Å². The van der Waals surface area contributed by atoms with E-state index in [4.69, 9.17) is 4.74 Å². The first-order valence-corrected chi connectivity index (χ1v) is 9.04. The number of ether oxygens (including phenoxy) is 1. The first-order chi connectivity index (χ1) is 11.6. The summed E-state index contributed by atoms with van der Waals surface area (Å²) in [5, 5.41) is 3.21. The number of hydrogen-bond acceptors (Lipinski definition) is 4. The maximum absolute atomic E-state index is 13.1. The highest BCUT2D eigenvalue weighted by Gasteiger charge is 2.32. The molecule has 0 spiro atoms. The van der Waals surface area contributed by atoms with Gasteiger partial charge < -0.3 is 15.0 Å². The summed E-state index contributed by atoms with van der Waals surface area (Å²) >= 11 is 0. The van der Waals surface area contributed by atoms with Crippen LogP contribution in [-0.4, -0.2) is 67.7 Å². The molecular formula is C19H29N3O2. The third kappa shape index (κ3) is 4.15. The Hall–Kier alpha value is -1.43. The van der Waals surface area contributed by atoms with E-state index in [0.29, 0.717) is 0 Å². The highest BCUT2D eigenvalue weighted by atomic mass is 16.5. The minimum atomic E-state index is -0.219. The van der Waals surface area contributed by atoms with E-state index in [1.54, 1.807) is 0 Å². The van der Waals surface area contributed by atoms with Crippen LogP contribution in [0.25, 0.3) is 0 Å². The zero-order valence-corrected chi connectivity index (χ0v) is 14.8. The largest absolute Gasteiger partial charge is 0.376 e. The summed E-state index contributed by atoms with van der Waals surface area (Å²) in [6.07, 6.45) is 2.27. The molecule has 3 rings (SSSR count). The summed E-state index contributed by atoms with van der Waals surface area (Å²) in [7, 11) is 2.13. The van der Waals surface area contributed by atoms with Crippen LogP contribution in [0.5, 0.6) is 0 Å². The fourth-order valence-electron chi connectivity index (χ4n) is 3.64. The minimum absolute atomic E-state index is 0.0543. The van der Waals surface area contributed by atoms with Crippen LogP contribution in [0.1, 0.15) is 31.4 Å². The van der Waals surface area contributed by atoms with Gasteiger partial charge in [0.2, 0.25) is 5.91 Å². The Balaban J connectivity index is 1.72. The van der Waals surface area contributed by atoms with Crippen LogP contribution >= 0.6 is 0 Å². The molecule has 2 aliphatic rings. The number of hydrogen-bond donors (Lipinski definition) is 1. The molecule has 2 fully saturated rings. The molecule has 0 bridgehead atoms. The average molecular weight is 331 g/mol. The summed E-state index contributed by atoms with van der Waals surface area (Å²) in [6, 6.07) is 9.96. The van der Waals surface area contributed by atoms with E-state index in [2.05, 4.69) is 41.2 Å². The van der Waals surface area contributed by atoms with Gasteiger partial charge in [0.1, 0.15) is 6.04 Å². The molecule has 1 aromatic carbocycles. The fourth-order valence-corrected chi connectivity index (χ4v) is 3.64. The smallest absolute Gasteiger partial charge is 0.242 e. The van der Waals surface area contributed by atoms with E-state index in [-0.39, 0.29) is 24.1 Å². The summed E-state index contributed by atoms with van der Waals surface area (Å²) in [4.78, 5) is 17.7. The first kappa shape index (κ1) is 17.4. The Morgan fingerprint density at radius 2 is 1.92 bits per heavy atom. The molecule has 132 valence electrons. The lowest BCUT2D eigenvalue weighted by molar-refractivity contribution is -0.129. The lowest BCUT2D eigenvalue weighted by Crippen LogP contribution is -2.52. The van der Waals surface area contributed by atoms with Crippen molar-refractivity contribution in [3.8, 4) is 0 Å². The van der Waals surface area contributed by atoms with E-state index in [1.165, 1.54) is 0 Å². The van der Waals surface area contributed by atoms with E-state index in [1.807, 2.05) is 18.2 Å². The molecule has 3 atom stereocenters. The van der Waals surface area contributed by atoms with Crippen LogP contribution in [-0.2, 0) is 9.53 Å². The van der Waals surface area contributed by atoms with Gasteiger partial charge in [-0.25, -0.2) is 0 Å². The average Bonchev–Trinajstić information content (AvgIpc) is 3.12. The Morgan fingerprint density at radius 3 is 2.54 bits per heavy atom. The second-order valence-corrected chi connectivity index (χ2v) is 7.00. The van der Waals surface area contributed by atoms with E-state index < -0.39 is 0 Å². The van der Waals surface area contributed by atoms with E-state index >= 15 is 0 Å². The lowest BCUT2D eigenvalue weighted by Gasteiger charge is -2.38. The molecule has 2 saturated heterocycles. The number of carbonyl (C=O) groups is 1. The van der Waals surface area contributed by atoms with Gasteiger partial charge in [0, 0.05) is 32.8 Å². The molecule has 2 aliphatic heterocycles. The Labute approximate surface area is 145 Å². The third-order valence-corrected chi connectivity index (χ3v) is 5.16. The number of nitrogens with one attached hydrogen (secondary N) is 1. The quantitative estimate of drug-likeness (QED) is 0.891. The van der Waals surface area contributed by atoms with Crippen LogP contribution in [0.2, 0.25) is 0 Å².